The Kier molecular flexibility index (Phi) is 4.10. The molecule has 1 aromatic carbocycles. The van der Waals surface area contributed by atoms with Gasteiger partial charge in [0, 0.05) is 24.7 Å². The van der Waals surface area contributed by atoms with E-state index in [0.717, 1.165) is 31.2 Å². The standard InChI is InChI=1S/C15H20N2O2/c1-3-4-5-8-17(2)15(18)14-10-11-9-12(16)6-7-13(11)19-14/h6-7,9-10H,3-5,8,16H2,1-2H3. The van der Waals surface area contributed by atoms with Crippen LogP contribution in [0, 0.1) is 0 Å². The van der Waals surface area contributed by atoms with Crippen molar-refractivity contribution in [3.05, 3.63) is 30.0 Å². The van der Waals surface area contributed by atoms with E-state index in [2.05, 4.69) is 6.92 Å². The summed E-state index contributed by atoms with van der Waals surface area (Å²) in [6.45, 7) is 2.90. The second-order valence-corrected chi connectivity index (χ2v) is 4.84. The van der Waals surface area contributed by atoms with Crippen molar-refractivity contribution in [1.82, 2.24) is 4.90 Å². The highest BCUT2D eigenvalue weighted by Crippen LogP contribution is 2.22. The average molecular weight is 260 g/mol. The van der Waals surface area contributed by atoms with E-state index < -0.39 is 0 Å². The lowest BCUT2D eigenvalue weighted by Gasteiger charge is -2.14. The van der Waals surface area contributed by atoms with Gasteiger partial charge in [0.1, 0.15) is 5.58 Å². The molecule has 0 fully saturated rings. The zero-order chi connectivity index (χ0) is 13.8. The number of nitrogen functional groups attached to an aromatic ring is 1. The number of unbranched alkanes of at least 4 members (excludes halogenated alkanes) is 2. The summed E-state index contributed by atoms with van der Waals surface area (Å²) in [4.78, 5) is 13.9. The lowest BCUT2D eigenvalue weighted by molar-refractivity contribution is 0.0763. The molecule has 19 heavy (non-hydrogen) atoms. The molecule has 102 valence electrons. The van der Waals surface area contributed by atoms with E-state index in [0.29, 0.717) is 17.0 Å². The molecule has 0 saturated carbocycles. The van der Waals surface area contributed by atoms with Crippen LogP contribution in [0.1, 0.15) is 36.7 Å². The molecule has 0 bridgehead atoms. The summed E-state index contributed by atoms with van der Waals surface area (Å²) >= 11 is 0. The number of anilines is 1. The Hall–Kier alpha value is -1.97. The number of nitrogens with zero attached hydrogens (tertiary/aromatic N) is 1. The highest BCUT2D eigenvalue weighted by atomic mass is 16.3. The van der Waals surface area contributed by atoms with Crippen molar-refractivity contribution < 1.29 is 9.21 Å². The van der Waals surface area contributed by atoms with Crippen molar-refractivity contribution in [2.24, 2.45) is 0 Å². The SMILES string of the molecule is CCCCCN(C)C(=O)c1cc2cc(N)ccc2o1. The number of nitrogens with two attached hydrogens (primary N) is 1. The lowest BCUT2D eigenvalue weighted by Crippen LogP contribution is -2.27. The number of carbonyl (C=O) groups excluding carboxylic acids is 1. The van der Waals surface area contributed by atoms with Gasteiger partial charge >= 0.3 is 0 Å². The number of hydrogen-bond donors (Lipinski definition) is 1. The third-order valence-corrected chi connectivity index (χ3v) is 3.19. The number of benzene rings is 1. The maximum absolute atomic E-state index is 12.2. The highest BCUT2D eigenvalue weighted by molar-refractivity contribution is 5.96. The van der Waals surface area contributed by atoms with Crippen LogP contribution in [0.25, 0.3) is 11.0 Å². The van der Waals surface area contributed by atoms with Crippen molar-refractivity contribution in [3.63, 3.8) is 0 Å². The van der Waals surface area contributed by atoms with Gasteiger partial charge in [0.05, 0.1) is 0 Å². The first-order valence-electron chi connectivity index (χ1n) is 6.66. The molecule has 0 aliphatic carbocycles. The van der Waals surface area contributed by atoms with E-state index in [9.17, 15) is 4.79 Å². The topological polar surface area (TPSA) is 59.5 Å². The van der Waals surface area contributed by atoms with Gasteiger partial charge < -0.3 is 15.1 Å². The minimum absolute atomic E-state index is 0.0779. The molecule has 0 atom stereocenters. The van der Waals surface area contributed by atoms with Gasteiger partial charge in [-0.15, -0.1) is 0 Å². The summed E-state index contributed by atoms with van der Waals surface area (Å²) in [5.41, 5.74) is 7.08. The van der Waals surface area contributed by atoms with Crippen LogP contribution in [0.2, 0.25) is 0 Å². The Bertz CT molecular complexity index is 575. The molecule has 2 rings (SSSR count). The molecule has 2 N–H and O–H groups in total. The van der Waals surface area contributed by atoms with E-state index in [-0.39, 0.29) is 5.91 Å². The molecule has 0 aliphatic heterocycles. The minimum Gasteiger partial charge on any atom is -0.451 e. The first-order valence-corrected chi connectivity index (χ1v) is 6.66. The van der Waals surface area contributed by atoms with Gasteiger partial charge in [-0.05, 0) is 30.7 Å². The molecule has 0 radical (unpaired) electrons. The largest absolute Gasteiger partial charge is 0.451 e. The molecule has 0 saturated heterocycles. The van der Waals surface area contributed by atoms with Gasteiger partial charge in [0.25, 0.3) is 5.91 Å². The van der Waals surface area contributed by atoms with Gasteiger partial charge in [0.2, 0.25) is 0 Å². The molecule has 1 heterocycles. The summed E-state index contributed by atoms with van der Waals surface area (Å²) in [7, 11) is 1.81. The second-order valence-electron chi connectivity index (χ2n) is 4.84. The smallest absolute Gasteiger partial charge is 0.289 e. The molecule has 0 unspecified atom stereocenters. The Balaban J connectivity index is 2.12. The second kappa shape index (κ2) is 5.78. The van der Waals surface area contributed by atoms with Crippen LogP contribution in [0.15, 0.2) is 28.7 Å². The third kappa shape index (κ3) is 3.08. The van der Waals surface area contributed by atoms with Gasteiger partial charge in [-0.25, -0.2) is 0 Å². The number of hydrogen-bond acceptors (Lipinski definition) is 3. The molecule has 1 amide bonds. The Morgan fingerprint density at radius 2 is 2.11 bits per heavy atom. The highest BCUT2D eigenvalue weighted by Gasteiger charge is 2.16. The van der Waals surface area contributed by atoms with E-state index >= 15 is 0 Å². The molecule has 0 aliphatic rings. The Morgan fingerprint density at radius 1 is 1.32 bits per heavy atom. The quantitative estimate of drug-likeness (QED) is 0.663. The first kappa shape index (κ1) is 13.5. The predicted octanol–water partition coefficient (Wildman–Crippen LogP) is 3.28. The predicted molar refractivity (Wildman–Crippen MR) is 77.1 cm³/mol. The van der Waals surface area contributed by atoms with Crippen LogP contribution in [0.5, 0.6) is 0 Å². The van der Waals surface area contributed by atoms with Crippen LogP contribution in [0.3, 0.4) is 0 Å². The molecule has 4 nitrogen and oxygen atoms in total. The van der Waals surface area contributed by atoms with Crippen LogP contribution < -0.4 is 5.73 Å². The van der Waals surface area contributed by atoms with E-state index in [1.807, 2.05) is 6.07 Å². The van der Waals surface area contributed by atoms with Gasteiger partial charge in [-0.3, -0.25) is 4.79 Å². The van der Waals surface area contributed by atoms with E-state index in [1.54, 1.807) is 30.1 Å². The number of carbonyl (C=O) groups is 1. The maximum Gasteiger partial charge on any atom is 0.289 e. The van der Waals surface area contributed by atoms with Crippen molar-refractivity contribution in [3.8, 4) is 0 Å². The van der Waals surface area contributed by atoms with Crippen LogP contribution >= 0.6 is 0 Å². The summed E-state index contributed by atoms with van der Waals surface area (Å²) in [6.07, 6.45) is 3.30. The molecule has 1 aromatic heterocycles. The first-order chi connectivity index (χ1) is 9.11. The summed E-state index contributed by atoms with van der Waals surface area (Å²) in [5, 5.41) is 0.866. The van der Waals surface area contributed by atoms with Gasteiger partial charge in [0.15, 0.2) is 5.76 Å². The van der Waals surface area contributed by atoms with E-state index in [4.69, 9.17) is 10.2 Å². The molecular weight excluding hydrogens is 240 g/mol. The monoisotopic (exact) mass is 260 g/mol. The van der Waals surface area contributed by atoms with Crippen LogP contribution in [-0.2, 0) is 0 Å². The number of furan rings is 1. The molecule has 2 aromatic rings. The van der Waals surface area contributed by atoms with Gasteiger partial charge in [-0.2, -0.15) is 0 Å². The summed E-state index contributed by atoms with van der Waals surface area (Å²) < 4.78 is 5.57. The minimum atomic E-state index is -0.0779. The number of rotatable bonds is 5. The number of fused-ring (bicyclic) bond motifs is 1. The van der Waals surface area contributed by atoms with Crippen LogP contribution in [0.4, 0.5) is 5.69 Å². The molecular formula is C15H20N2O2. The molecule has 0 spiro atoms. The average Bonchev–Trinajstić information content (AvgIpc) is 2.80. The van der Waals surface area contributed by atoms with Crippen LogP contribution in [-0.4, -0.2) is 24.4 Å². The Labute approximate surface area is 113 Å². The summed E-state index contributed by atoms with van der Waals surface area (Å²) in [6, 6.07) is 7.13. The van der Waals surface area contributed by atoms with Gasteiger partial charge in [-0.1, -0.05) is 19.8 Å². The van der Waals surface area contributed by atoms with Crippen molar-refractivity contribution in [1.29, 1.82) is 0 Å². The van der Waals surface area contributed by atoms with Crippen molar-refractivity contribution >= 4 is 22.6 Å². The fourth-order valence-electron chi connectivity index (χ4n) is 2.06. The van der Waals surface area contributed by atoms with E-state index in [1.165, 1.54) is 0 Å². The van der Waals surface area contributed by atoms with Crippen molar-refractivity contribution in [2.45, 2.75) is 26.2 Å². The Morgan fingerprint density at radius 3 is 2.84 bits per heavy atom. The zero-order valence-corrected chi connectivity index (χ0v) is 11.5. The van der Waals surface area contributed by atoms with Crippen molar-refractivity contribution in [2.75, 3.05) is 19.3 Å². The maximum atomic E-state index is 12.2. The normalized spacial score (nSPS) is 10.8. The molecule has 4 heteroatoms. The zero-order valence-electron chi connectivity index (χ0n) is 11.5. The lowest BCUT2D eigenvalue weighted by atomic mass is 10.2. The number of amides is 1. The summed E-state index contributed by atoms with van der Waals surface area (Å²) in [5.74, 6) is 0.297. The fraction of sp³-hybridized carbons (Fsp3) is 0.400. The fourth-order valence-corrected chi connectivity index (χ4v) is 2.06. The third-order valence-electron chi connectivity index (χ3n) is 3.19.